The first kappa shape index (κ1) is 19.1. The van der Waals surface area contributed by atoms with Crippen LogP contribution in [0, 0.1) is 16.7 Å². The van der Waals surface area contributed by atoms with E-state index in [1.807, 2.05) is 0 Å². The van der Waals surface area contributed by atoms with E-state index in [1.54, 1.807) is 0 Å². The molecular formula is C23H34N2O. The number of fused-ring (bicyclic) bond motifs is 3. The normalized spacial score (nSPS) is 27.4. The highest BCUT2D eigenvalue weighted by Crippen LogP contribution is 2.54. The molecule has 0 amide bonds. The summed E-state index contributed by atoms with van der Waals surface area (Å²) >= 11 is 0. The van der Waals surface area contributed by atoms with E-state index in [4.69, 9.17) is 0 Å². The van der Waals surface area contributed by atoms with E-state index < -0.39 is 0 Å². The minimum atomic E-state index is 0.0549. The smallest absolute Gasteiger partial charge is 0.113 e. The zero-order valence-electron chi connectivity index (χ0n) is 17.1. The molecule has 1 aliphatic heterocycles. The van der Waals surface area contributed by atoms with Crippen molar-refractivity contribution < 1.29 is 0 Å². The molecule has 1 N–H and O–H groups in total. The molecule has 3 nitrogen and oxygen atoms in total. The van der Waals surface area contributed by atoms with Gasteiger partial charge in [-0.05, 0) is 66.3 Å². The Morgan fingerprint density at radius 2 is 2.08 bits per heavy atom. The largest absolute Gasteiger partial charge is 0.381 e. The van der Waals surface area contributed by atoms with Crippen LogP contribution < -0.4 is 5.32 Å². The average molecular weight is 355 g/mol. The first-order valence-corrected chi connectivity index (χ1v) is 10.2. The lowest BCUT2D eigenvalue weighted by Gasteiger charge is -2.38. The van der Waals surface area contributed by atoms with Crippen LogP contribution in [-0.2, 0) is 5.41 Å². The molecule has 1 fully saturated rings. The molecule has 0 radical (unpaired) electrons. The van der Waals surface area contributed by atoms with Gasteiger partial charge in [-0.15, -0.1) is 4.91 Å². The molecule has 3 rings (SSSR count). The maximum atomic E-state index is 11.8. The highest BCUT2D eigenvalue weighted by molar-refractivity contribution is 5.72. The summed E-state index contributed by atoms with van der Waals surface area (Å²) < 4.78 is 0. The molecule has 4 unspecified atom stereocenters. The molecule has 0 saturated heterocycles. The first-order chi connectivity index (χ1) is 12.3. The summed E-state index contributed by atoms with van der Waals surface area (Å²) in [5, 5.41) is 7.26. The molecule has 4 atom stereocenters. The maximum absolute atomic E-state index is 11.8. The van der Waals surface area contributed by atoms with Crippen LogP contribution in [0.3, 0.4) is 0 Å². The van der Waals surface area contributed by atoms with Gasteiger partial charge in [0, 0.05) is 23.2 Å². The zero-order chi connectivity index (χ0) is 19.1. The second-order valence-electron chi connectivity index (χ2n) is 9.24. The van der Waals surface area contributed by atoms with Gasteiger partial charge in [-0.2, -0.15) is 0 Å². The molecule has 3 heteroatoms. The van der Waals surface area contributed by atoms with Gasteiger partial charge in [0.25, 0.3) is 0 Å². The zero-order valence-corrected chi connectivity index (χ0v) is 17.1. The second kappa shape index (κ2) is 7.17. The monoisotopic (exact) mass is 354 g/mol. The highest BCUT2D eigenvalue weighted by Gasteiger charge is 2.45. The Kier molecular flexibility index (Phi) is 5.28. The molecule has 142 valence electrons. The van der Waals surface area contributed by atoms with E-state index >= 15 is 0 Å². The van der Waals surface area contributed by atoms with E-state index in [0.717, 1.165) is 24.1 Å². The molecule has 2 aliphatic rings. The Labute approximate surface area is 158 Å². The second-order valence-corrected chi connectivity index (χ2v) is 9.24. The van der Waals surface area contributed by atoms with Gasteiger partial charge in [0.1, 0.15) is 5.69 Å². The van der Waals surface area contributed by atoms with Gasteiger partial charge in [-0.25, -0.2) is 0 Å². The van der Waals surface area contributed by atoms with Crippen molar-refractivity contribution in [2.75, 3.05) is 5.32 Å². The van der Waals surface area contributed by atoms with Gasteiger partial charge in [0.15, 0.2) is 0 Å². The van der Waals surface area contributed by atoms with Crippen LogP contribution in [0.5, 0.6) is 0 Å². The van der Waals surface area contributed by atoms with Crippen LogP contribution in [0.2, 0.25) is 0 Å². The average Bonchev–Trinajstić information content (AvgIpc) is 2.99. The van der Waals surface area contributed by atoms with Crippen molar-refractivity contribution in [2.45, 2.75) is 84.1 Å². The van der Waals surface area contributed by atoms with Gasteiger partial charge in [0.05, 0.1) is 0 Å². The fraction of sp³-hybridized carbons (Fsp3) is 0.652. The summed E-state index contributed by atoms with van der Waals surface area (Å²) in [6.45, 7) is 15.5. The Morgan fingerprint density at radius 3 is 2.69 bits per heavy atom. The Bertz CT molecular complexity index is 706. The molecule has 1 heterocycles. The predicted octanol–water partition coefficient (Wildman–Crippen LogP) is 7.05. The summed E-state index contributed by atoms with van der Waals surface area (Å²) in [6, 6.07) is 4.73. The van der Waals surface area contributed by atoms with Gasteiger partial charge in [0.2, 0.25) is 0 Å². The lowest BCUT2D eigenvalue weighted by Crippen LogP contribution is -2.37. The van der Waals surface area contributed by atoms with E-state index in [0.29, 0.717) is 29.5 Å². The Morgan fingerprint density at radius 1 is 1.35 bits per heavy atom. The number of benzene rings is 1. The van der Waals surface area contributed by atoms with E-state index in [9.17, 15) is 4.91 Å². The van der Waals surface area contributed by atoms with Gasteiger partial charge < -0.3 is 5.32 Å². The molecule has 0 bridgehead atoms. The number of unbranched alkanes of at least 4 members (excludes halogenated alkanes) is 1. The van der Waals surface area contributed by atoms with Crippen molar-refractivity contribution in [1.29, 1.82) is 0 Å². The molecule has 0 spiro atoms. The van der Waals surface area contributed by atoms with Crippen molar-refractivity contribution in [3.8, 4) is 0 Å². The highest BCUT2D eigenvalue weighted by atomic mass is 16.3. The number of rotatable bonds is 6. The standard InChI is InChI=1S/C23H34N2O/c1-7-8-11-23(5,6)16-12-18-21(19(13-16)25-26)20-17(14(2)3)10-9-15(4)22(20)24-18/h12-13,15,17,20,22,24H,2,7-11H2,1,3-6H3. The number of nitrogens with one attached hydrogen (secondary N) is 1. The Balaban J connectivity index is 2.07. The first-order valence-electron chi connectivity index (χ1n) is 10.2. The van der Waals surface area contributed by atoms with Crippen molar-refractivity contribution >= 4 is 11.4 Å². The molecule has 0 aromatic heterocycles. The van der Waals surface area contributed by atoms with E-state index in [2.05, 4.69) is 63.8 Å². The van der Waals surface area contributed by atoms with Crippen LogP contribution >= 0.6 is 0 Å². The SMILES string of the molecule is C=C(C)C1CCC(C)C2Nc3cc(C(C)(C)CCCC)cc(N=O)c3C12. The third-order valence-corrected chi connectivity index (χ3v) is 6.85. The molecule has 1 aromatic rings. The van der Waals surface area contributed by atoms with Crippen LogP contribution in [0.1, 0.15) is 83.8 Å². The lowest BCUT2D eigenvalue weighted by molar-refractivity contribution is 0.262. The summed E-state index contributed by atoms with van der Waals surface area (Å²) in [5.74, 6) is 1.36. The number of hydrogen-bond donors (Lipinski definition) is 1. The topological polar surface area (TPSA) is 41.5 Å². The minimum absolute atomic E-state index is 0.0549. The summed E-state index contributed by atoms with van der Waals surface area (Å²) in [4.78, 5) is 11.8. The van der Waals surface area contributed by atoms with Crippen LogP contribution in [0.4, 0.5) is 11.4 Å². The maximum Gasteiger partial charge on any atom is 0.113 e. The number of hydrogen-bond acceptors (Lipinski definition) is 3. The van der Waals surface area contributed by atoms with Crippen LogP contribution in [-0.4, -0.2) is 6.04 Å². The quantitative estimate of drug-likeness (QED) is 0.439. The van der Waals surface area contributed by atoms with Crippen LogP contribution in [0.15, 0.2) is 29.5 Å². The molecule has 1 saturated carbocycles. The fourth-order valence-electron chi connectivity index (χ4n) is 5.09. The van der Waals surface area contributed by atoms with E-state index in [1.165, 1.54) is 30.4 Å². The lowest BCUT2D eigenvalue weighted by atomic mass is 9.67. The van der Waals surface area contributed by atoms with Crippen molar-refractivity contribution in [3.05, 3.63) is 40.3 Å². The third-order valence-electron chi connectivity index (χ3n) is 6.85. The Hall–Kier alpha value is -1.64. The minimum Gasteiger partial charge on any atom is -0.381 e. The van der Waals surface area contributed by atoms with Gasteiger partial charge >= 0.3 is 0 Å². The van der Waals surface area contributed by atoms with Crippen molar-refractivity contribution in [2.24, 2.45) is 17.0 Å². The van der Waals surface area contributed by atoms with Gasteiger partial charge in [-0.3, -0.25) is 0 Å². The molecule has 1 aromatic carbocycles. The third kappa shape index (κ3) is 3.21. The van der Waals surface area contributed by atoms with Crippen molar-refractivity contribution in [1.82, 2.24) is 0 Å². The molecular weight excluding hydrogens is 320 g/mol. The number of allylic oxidation sites excluding steroid dienone is 1. The number of nitroso groups, excluding NO2 is 1. The predicted molar refractivity (Wildman–Crippen MR) is 111 cm³/mol. The number of nitrogens with zero attached hydrogens (tertiary/aromatic N) is 1. The summed E-state index contributed by atoms with van der Waals surface area (Å²) in [7, 11) is 0. The molecule has 1 aliphatic carbocycles. The molecule has 26 heavy (non-hydrogen) atoms. The summed E-state index contributed by atoms with van der Waals surface area (Å²) in [5.41, 5.74) is 5.42. The fourth-order valence-corrected chi connectivity index (χ4v) is 5.09. The van der Waals surface area contributed by atoms with Crippen molar-refractivity contribution in [3.63, 3.8) is 0 Å². The van der Waals surface area contributed by atoms with Crippen LogP contribution in [0.25, 0.3) is 0 Å². The summed E-state index contributed by atoms with van der Waals surface area (Å²) in [6.07, 6.45) is 5.87. The van der Waals surface area contributed by atoms with Gasteiger partial charge in [-0.1, -0.05) is 52.7 Å². The van der Waals surface area contributed by atoms with E-state index in [-0.39, 0.29) is 5.41 Å². The number of anilines is 1.